The summed E-state index contributed by atoms with van der Waals surface area (Å²) in [5.74, 6) is 1.69. The molecule has 1 N–H and O–H groups in total. The molecule has 1 aromatic heterocycles. The van der Waals surface area contributed by atoms with Crippen LogP contribution < -0.4 is 9.74 Å². The van der Waals surface area contributed by atoms with Crippen molar-refractivity contribution in [3.05, 3.63) is 18.1 Å². The van der Waals surface area contributed by atoms with Crippen LogP contribution in [-0.2, 0) is 4.79 Å². The zero-order valence-electron chi connectivity index (χ0n) is 11.3. The molecule has 0 saturated carbocycles. The Morgan fingerprint density at radius 2 is 2.00 bits per heavy atom. The van der Waals surface area contributed by atoms with Gasteiger partial charge in [0.1, 0.15) is 5.75 Å². The van der Waals surface area contributed by atoms with Crippen molar-refractivity contribution in [3.63, 3.8) is 0 Å². The molecule has 1 aliphatic rings. The Labute approximate surface area is 109 Å². The maximum Gasteiger partial charge on any atom is 0.250 e. The van der Waals surface area contributed by atoms with Crippen molar-refractivity contribution >= 4 is 14.2 Å². The van der Waals surface area contributed by atoms with E-state index < -0.39 is 8.32 Å². The van der Waals surface area contributed by atoms with Crippen molar-refractivity contribution < 1.29 is 13.6 Å². The van der Waals surface area contributed by atoms with E-state index in [1.54, 1.807) is 6.26 Å². The van der Waals surface area contributed by atoms with Crippen molar-refractivity contribution in [2.45, 2.75) is 51.4 Å². The quantitative estimate of drug-likeness (QED) is 0.636. The first-order valence-corrected chi connectivity index (χ1v) is 9.22. The highest BCUT2D eigenvalue weighted by Crippen LogP contribution is 2.35. The minimum absolute atomic E-state index is 0.000214. The van der Waals surface area contributed by atoms with Gasteiger partial charge in [0.25, 0.3) is 8.32 Å². The van der Waals surface area contributed by atoms with Crippen LogP contribution in [0.25, 0.3) is 0 Å². The number of hydrogen-bond donors (Lipinski definition) is 1. The van der Waals surface area contributed by atoms with Gasteiger partial charge in [0, 0.05) is 6.07 Å². The normalized spacial score (nSPS) is 19.3. The molecule has 1 unspecified atom stereocenters. The van der Waals surface area contributed by atoms with E-state index in [0.717, 1.165) is 29.6 Å². The van der Waals surface area contributed by atoms with Gasteiger partial charge in [-0.2, -0.15) is 0 Å². The average Bonchev–Trinajstić information content (AvgIpc) is 2.80. The van der Waals surface area contributed by atoms with Gasteiger partial charge in [0.15, 0.2) is 5.76 Å². The van der Waals surface area contributed by atoms with Crippen LogP contribution >= 0.6 is 0 Å². The van der Waals surface area contributed by atoms with E-state index in [1.165, 1.54) is 0 Å². The minimum Gasteiger partial charge on any atom is -0.541 e. The molecule has 0 spiro atoms. The van der Waals surface area contributed by atoms with Crippen LogP contribution in [-0.4, -0.2) is 14.2 Å². The highest BCUT2D eigenvalue weighted by molar-refractivity contribution is 6.74. The summed E-state index contributed by atoms with van der Waals surface area (Å²) in [6.45, 7) is 6.60. The van der Waals surface area contributed by atoms with Gasteiger partial charge in [-0.05, 0) is 18.1 Å². The van der Waals surface area contributed by atoms with Crippen LogP contribution in [0.4, 0.5) is 0 Å². The van der Waals surface area contributed by atoms with E-state index in [9.17, 15) is 4.79 Å². The Hall–Kier alpha value is -1.23. The molecule has 0 radical (unpaired) electrons. The maximum absolute atomic E-state index is 11.0. The van der Waals surface area contributed by atoms with Gasteiger partial charge in [-0.15, -0.1) is 0 Å². The fourth-order valence-electron chi connectivity index (χ4n) is 2.36. The molecule has 0 aromatic carbocycles. The molecule has 1 fully saturated rings. The predicted octanol–water partition coefficient (Wildman–Crippen LogP) is 3.22. The third-order valence-electron chi connectivity index (χ3n) is 3.96. The van der Waals surface area contributed by atoms with Gasteiger partial charge in [-0.3, -0.25) is 4.79 Å². The summed E-state index contributed by atoms with van der Waals surface area (Å²) in [5, 5.41) is 2.83. The Morgan fingerprint density at radius 3 is 2.50 bits per heavy atom. The molecule has 100 valence electrons. The smallest absolute Gasteiger partial charge is 0.250 e. The molecule has 4 nitrogen and oxygen atoms in total. The summed E-state index contributed by atoms with van der Waals surface area (Å²) in [5.41, 5.74) is 0. The van der Waals surface area contributed by atoms with Crippen LogP contribution in [0.3, 0.4) is 0 Å². The van der Waals surface area contributed by atoms with E-state index in [-0.39, 0.29) is 11.9 Å². The number of carbonyl (C=O) groups is 1. The van der Waals surface area contributed by atoms with Crippen molar-refractivity contribution in [2.75, 3.05) is 0 Å². The number of carbonyl (C=O) groups excluding carboxylic acids is 1. The molecule has 0 bridgehead atoms. The van der Waals surface area contributed by atoms with Crippen LogP contribution in [0.5, 0.6) is 5.75 Å². The third kappa shape index (κ3) is 2.32. The molecule has 0 aliphatic carbocycles. The Balaban J connectivity index is 2.14. The van der Waals surface area contributed by atoms with Crippen LogP contribution in [0, 0.1) is 0 Å². The second kappa shape index (κ2) is 5.18. The number of furan rings is 1. The Morgan fingerprint density at radius 1 is 1.39 bits per heavy atom. The van der Waals surface area contributed by atoms with Crippen LogP contribution in [0.2, 0.25) is 18.1 Å². The first-order chi connectivity index (χ1) is 8.64. The number of nitrogens with one attached hydrogen (secondary N) is 1. The Bertz CT molecular complexity index is 409. The minimum atomic E-state index is -1.68. The second-order valence-corrected chi connectivity index (χ2v) is 9.51. The van der Waals surface area contributed by atoms with Gasteiger partial charge in [0.05, 0.1) is 18.7 Å². The molecule has 18 heavy (non-hydrogen) atoms. The number of hydrogen-bond acceptors (Lipinski definition) is 3. The summed E-state index contributed by atoms with van der Waals surface area (Å²) in [6, 6.07) is 5.17. The lowest BCUT2D eigenvalue weighted by Crippen LogP contribution is -2.43. The summed E-state index contributed by atoms with van der Waals surface area (Å²) >= 11 is 0. The maximum atomic E-state index is 11.0. The second-order valence-electron chi connectivity index (χ2n) is 4.82. The monoisotopic (exact) mass is 267 g/mol. The average molecular weight is 267 g/mol. The van der Waals surface area contributed by atoms with Crippen molar-refractivity contribution in [1.82, 2.24) is 5.32 Å². The lowest BCUT2D eigenvalue weighted by molar-refractivity contribution is -0.128. The van der Waals surface area contributed by atoms with Crippen LogP contribution in [0.15, 0.2) is 16.7 Å². The molecule has 1 amide bonds. The molecular weight excluding hydrogens is 246 g/mol. The summed E-state index contributed by atoms with van der Waals surface area (Å²) in [7, 11) is -1.68. The molecule has 1 saturated heterocycles. The summed E-state index contributed by atoms with van der Waals surface area (Å²) in [4.78, 5) is 11.0. The molecule has 2 heterocycles. The molecule has 1 aromatic rings. The van der Waals surface area contributed by atoms with Gasteiger partial charge in [-0.25, -0.2) is 0 Å². The topological polar surface area (TPSA) is 51.5 Å². The highest BCUT2D eigenvalue weighted by Gasteiger charge is 2.36. The zero-order valence-corrected chi connectivity index (χ0v) is 12.3. The fraction of sp³-hybridized carbons (Fsp3) is 0.615. The van der Waals surface area contributed by atoms with Crippen molar-refractivity contribution in [3.8, 4) is 5.75 Å². The first kappa shape index (κ1) is 13.2. The summed E-state index contributed by atoms with van der Waals surface area (Å²) in [6.07, 6.45) is 2.15. The zero-order chi connectivity index (χ0) is 13.2. The molecular formula is C13H21NO3Si. The van der Waals surface area contributed by atoms with Crippen molar-refractivity contribution in [1.29, 1.82) is 0 Å². The van der Waals surface area contributed by atoms with Crippen LogP contribution in [0.1, 0.15) is 39.0 Å². The first-order valence-electron chi connectivity index (χ1n) is 6.70. The number of amides is 1. The van der Waals surface area contributed by atoms with Gasteiger partial charge >= 0.3 is 0 Å². The number of rotatable bonds is 6. The molecule has 5 heteroatoms. The molecule has 1 aliphatic heterocycles. The van der Waals surface area contributed by atoms with Gasteiger partial charge in [-0.1, -0.05) is 20.8 Å². The van der Waals surface area contributed by atoms with Crippen molar-refractivity contribution in [2.24, 2.45) is 0 Å². The molecule has 1 atom stereocenters. The Kier molecular flexibility index (Phi) is 3.80. The number of β-lactam (4-membered cyclic amide) rings is 1. The largest absolute Gasteiger partial charge is 0.541 e. The van der Waals surface area contributed by atoms with E-state index in [2.05, 4.69) is 26.1 Å². The van der Waals surface area contributed by atoms with E-state index in [0.29, 0.717) is 6.42 Å². The predicted molar refractivity (Wildman–Crippen MR) is 72.0 cm³/mol. The van der Waals surface area contributed by atoms with E-state index >= 15 is 0 Å². The SMILES string of the molecule is CC[Si](CC)(CC)Oc1ccoc1C1CC(=O)N1. The van der Waals surface area contributed by atoms with Gasteiger partial charge < -0.3 is 14.2 Å². The lowest BCUT2D eigenvalue weighted by atomic mass is 10.0. The molecule has 2 rings (SSSR count). The van der Waals surface area contributed by atoms with Gasteiger partial charge in [0.2, 0.25) is 5.91 Å². The third-order valence-corrected chi connectivity index (χ3v) is 8.48. The van der Waals surface area contributed by atoms with E-state index in [1.807, 2.05) is 6.07 Å². The lowest BCUT2D eigenvalue weighted by Gasteiger charge is -2.31. The highest BCUT2D eigenvalue weighted by atomic mass is 28.4. The standard InChI is InChI=1S/C13H21NO3Si/c1-4-18(5-2,6-3)17-11-7-8-16-13(11)10-9-12(15)14-10/h7-8,10H,4-6,9H2,1-3H3,(H,14,15). The summed E-state index contributed by atoms with van der Waals surface area (Å²) < 4.78 is 11.8. The fourth-order valence-corrected chi connectivity index (χ4v) is 4.93. The van der Waals surface area contributed by atoms with E-state index in [4.69, 9.17) is 8.84 Å².